The Balaban J connectivity index is 1.21. The van der Waals surface area contributed by atoms with Crippen LogP contribution in [-0.2, 0) is 28.9 Å². The lowest BCUT2D eigenvalue weighted by atomic mass is 9.95. The van der Waals surface area contributed by atoms with Gasteiger partial charge in [0.05, 0.1) is 24.0 Å². The molecule has 9 heteroatoms. The summed E-state index contributed by atoms with van der Waals surface area (Å²) in [5, 5.41) is 22.8. The zero-order valence-corrected chi connectivity index (χ0v) is 19.7. The van der Waals surface area contributed by atoms with Crippen molar-refractivity contribution < 1.29 is 9.53 Å². The van der Waals surface area contributed by atoms with Gasteiger partial charge in [0.25, 0.3) is 0 Å². The molecule has 3 aliphatic carbocycles. The molecule has 174 valence electrons. The number of nitrogens with zero attached hydrogens (tertiary/aromatic N) is 5. The van der Waals surface area contributed by atoms with Crippen molar-refractivity contribution in [2.75, 3.05) is 17.7 Å². The molecular weight excluding hydrogens is 436 g/mol. The van der Waals surface area contributed by atoms with Crippen LogP contribution in [0, 0.1) is 11.3 Å². The Hall–Kier alpha value is -2.31. The normalized spacial score (nSPS) is 22.2. The number of fused-ring (bicyclic) bond motifs is 1. The van der Waals surface area contributed by atoms with E-state index in [1.807, 2.05) is 0 Å². The largest absolute Gasteiger partial charge is 0.376 e. The molecule has 4 aliphatic rings. The highest BCUT2D eigenvalue weighted by Crippen LogP contribution is 2.46. The van der Waals surface area contributed by atoms with Crippen molar-refractivity contribution in [1.82, 2.24) is 19.3 Å². The number of anilines is 1. The Morgan fingerprint density at radius 2 is 2.00 bits per heavy atom. The van der Waals surface area contributed by atoms with E-state index in [1.165, 1.54) is 43.1 Å². The number of rotatable bonds is 8. The van der Waals surface area contributed by atoms with E-state index >= 15 is 0 Å². The molecule has 0 bridgehead atoms. The van der Waals surface area contributed by atoms with Crippen LogP contribution in [0.15, 0.2) is 5.16 Å². The van der Waals surface area contributed by atoms with Crippen LogP contribution >= 0.6 is 11.8 Å². The minimum atomic E-state index is -0.0988. The van der Waals surface area contributed by atoms with Crippen LogP contribution in [0.25, 0.3) is 0 Å². The SMILES string of the molecule is N#Cc1c2c(n(CC3CCCO3)c1NC(=O)CSc1nnc(C3CC3)n1C1CC1)CCCC2. The van der Waals surface area contributed by atoms with Gasteiger partial charge in [-0.25, -0.2) is 0 Å². The fourth-order valence-electron chi connectivity index (χ4n) is 5.29. The molecule has 1 atom stereocenters. The summed E-state index contributed by atoms with van der Waals surface area (Å²) in [6.45, 7) is 1.50. The molecule has 2 aromatic rings. The van der Waals surface area contributed by atoms with Crippen molar-refractivity contribution in [3.63, 3.8) is 0 Å². The average molecular weight is 467 g/mol. The number of carbonyl (C=O) groups is 1. The minimum Gasteiger partial charge on any atom is -0.376 e. The lowest BCUT2D eigenvalue weighted by Crippen LogP contribution is -2.23. The second kappa shape index (κ2) is 8.80. The highest BCUT2D eigenvalue weighted by Gasteiger charge is 2.36. The molecule has 6 rings (SSSR count). The third-order valence-corrected chi connectivity index (χ3v) is 8.17. The number of hydrogen-bond donors (Lipinski definition) is 1. The first kappa shape index (κ1) is 21.2. The quantitative estimate of drug-likeness (QED) is 0.592. The summed E-state index contributed by atoms with van der Waals surface area (Å²) < 4.78 is 10.3. The number of nitriles is 1. The molecule has 1 saturated heterocycles. The predicted octanol–water partition coefficient (Wildman–Crippen LogP) is 3.95. The maximum absolute atomic E-state index is 13.1. The van der Waals surface area contributed by atoms with Gasteiger partial charge < -0.3 is 19.2 Å². The van der Waals surface area contributed by atoms with Crippen molar-refractivity contribution in [2.24, 2.45) is 0 Å². The molecule has 8 nitrogen and oxygen atoms in total. The topological polar surface area (TPSA) is 97.8 Å². The summed E-state index contributed by atoms with van der Waals surface area (Å²) >= 11 is 1.46. The van der Waals surface area contributed by atoms with E-state index < -0.39 is 0 Å². The lowest BCUT2D eigenvalue weighted by Gasteiger charge is -2.19. The Labute approximate surface area is 198 Å². The molecule has 0 aromatic carbocycles. The predicted molar refractivity (Wildman–Crippen MR) is 124 cm³/mol. The van der Waals surface area contributed by atoms with Crippen LogP contribution in [0.5, 0.6) is 0 Å². The molecule has 2 aromatic heterocycles. The van der Waals surface area contributed by atoms with Gasteiger partial charge in [-0.15, -0.1) is 10.2 Å². The summed E-state index contributed by atoms with van der Waals surface area (Å²) in [6, 6.07) is 2.90. The Morgan fingerprint density at radius 3 is 2.73 bits per heavy atom. The van der Waals surface area contributed by atoms with Crippen molar-refractivity contribution in [1.29, 1.82) is 5.26 Å². The monoisotopic (exact) mass is 466 g/mol. The summed E-state index contributed by atoms with van der Waals surface area (Å²) in [6.07, 6.45) is 11.1. The van der Waals surface area contributed by atoms with Crippen molar-refractivity contribution >= 4 is 23.5 Å². The average Bonchev–Trinajstić information content (AvgIpc) is 3.74. The number of hydrogen-bond acceptors (Lipinski definition) is 6. The number of aromatic nitrogens is 4. The van der Waals surface area contributed by atoms with Gasteiger partial charge in [0.1, 0.15) is 17.7 Å². The Bertz CT molecular complexity index is 1100. The number of nitrogens with one attached hydrogen (secondary N) is 1. The van der Waals surface area contributed by atoms with E-state index in [0.29, 0.717) is 29.9 Å². The van der Waals surface area contributed by atoms with Gasteiger partial charge in [0, 0.05) is 24.3 Å². The van der Waals surface area contributed by atoms with E-state index in [2.05, 4.69) is 30.7 Å². The maximum atomic E-state index is 13.1. The zero-order valence-electron chi connectivity index (χ0n) is 18.9. The van der Waals surface area contributed by atoms with Crippen LogP contribution < -0.4 is 5.32 Å². The molecular formula is C24H30N6O2S. The van der Waals surface area contributed by atoms with Gasteiger partial charge in [-0.3, -0.25) is 4.79 Å². The number of carbonyl (C=O) groups excluding carboxylic acids is 1. The third kappa shape index (κ3) is 4.19. The Morgan fingerprint density at radius 1 is 1.15 bits per heavy atom. The molecule has 2 saturated carbocycles. The Kier molecular flexibility index (Phi) is 5.67. The molecule has 0 radical (unpaired) electrons. The van der Waals surface area contributed by atoms with E-state index in [4.69, 9.17) is 4.74 Å². The van der Waals surface area contributed by atoms with E-state index in [1.54, 1.807) is 0 Å². The highest BCUT2D eigenvalue weighted by molar-refractivity contribution is 7.99. The van der Waals surface area contributed by atoms with Crippen LogP contribution in [0.1, 0.15) is 86.0 Å². The standard InChI is InChI=1S/C24H30N6O2S/c25-12-19-18-5-1-2-6-20(18)29(13-17-4-3-11-32-17)23(19)26-21(31)14-33-24-28-27-22(15-7-8-15)30(24)16-9-10-16/h15-17H,1-11,13-14H2,(H,26,31). The van der Waals surface area contributed by atoms with Crippen LogP contribution in [0.4, 0.5) is 5.82 Å². The van der Waals surface area contributed by atoms with Gasteiger partial charge in [0.2, 0.25) is 5.91 Å². The van der Waals surface area contributed by atoms with Gasteiger partial charge >= 0.3 is 0 Å². The summed E-state index contributed by atoms with van der Waals surface area (Å²) in [5.74, 6) is 2.47. The fraction of sp³-hybridized carbons (Fsp3) is 0.667. The summed E-state index contributed by atoms with van der Waals surface area (Å²) in [5.41, 5.74) is 2.96. The fourth-order valence-corrected chi connectivity index (χ4v) is 6.11. The number of amides is 1. The first-order chi connectivity index (χ1) is 16.2. The molecule has 1 unspecified atom stereocenters. The third-order valence-electron chi connectivity index (χ3n) is 7.23. The number of ether oxygens (including phenoxy) is 1. The van der Waals surface area contributed by atoms with Gasteiger partial charge in [-0.1, -0.05) is 11.8 Å². The van der Waals surface area contributed by atoms with E-state index in [0.717, 1.165) is 61.7 Å². The first-order valence-electron chi connectivity index (χ1n) is 12.4. The lowest BCUT2D eigenvalue weighted by molar-refractivity contribution is -0.113. The number of thioether (sulfide) groups is 1. The second-order valence-electron chi connectivity index (χ2n) is 9.77. The van der Waals surface area contributed by atoms with E-state index in [9.17, 15) is 10.1 Å². The van der Waals surface area contributed by atoms with Crippen LogP contribution in [-0.4, -0.2) is 43.7 Å². The highest BCUT2D eigenvalue weighted by atomic mass is 32.2. The first-order valence-corrected chi connectivity index (χ1v) is 13.3. The van der Waals surface area contributed by atoms with Gasteiger partial charge in [-0.2, -0.15) is 5.26 Å². The van der Waals surface area contributed by atoms with E-state index in [-0.39, 0.29) is 17.8 Å². The van der Waals surface area contributed by atoms with Gasteiger partial charge in [0.15, 0.2) is 5.16 Å². The van der Waals surface area contributed by atoms with Crippen LogP contribution in [0.3, 0.4) is 0 Å². The van der Waals surface area contributed by atoms with Crippen LogP contribution in [0.2, 0.25) is 0 Å². The molecule has 3 fully saturated rings. The molecule has 3 heterocycles. The maximum Gasteiger partial charge on any atom is 0.235 e. The smallest absolute Gasteiger partial charge is 0.235 e. The zero-order chi connectivity index (χ0) is 22.4. The van der Waals surface area contributed by atoms with Crippen molar-refractivity contribution in [2.45, 2.75) is 94.0 Å². The molecule has 1 amide bonds. The minimum absolute atomic E-state index is 0.0988. The molecule has 33 heavy (non-hydrogen) atoms. The molecule has 0 spiro atoms. The van der Waals surface area contributed by atoms with Crippen molar-refractivity contribution in [3.05, 3.63) is 22.6 Å². The van der Waals surface area contributed by atoms with Crippen molar-refractivity contribution in [3.8, 4) is 6.07 Å². The molecule has 1 aliphatic heterocycles. The van der Waals surface area contributed by atoms with Gasteiger partial charge in [-0.05, 0) is 69.8 Å². The molecule has 1 N–H and O–H groups in total. The summed E-state index contributed by atoms with van der Waals surface area (Å²) in [7, 11) is 0. The second-order valence-corrected chi connectivity index (χ2v) is 10.7. The summed E-state index contributed by atoms with van der Waals surface area (Å²) in [4.78, 5) is 13.1.